The largest absolute Gasteiger partial charge is 0.481 e. The normalized spacial score (nSPS) is 11.2. The summed E-state index contributed by atoms with van der Waals surface area (Å²) in [5.74, 6) is -1.17. The number of ether oxygens (including phenoxy) is 1. The molecule has 2 N–H and O–H groups in total. The van der Waals surface area contributed by atoms with Gasteiger partial charge in [0.05, 0.1) is 5.41 Å². The molecule has 0 aromatic rings. The summed E-state index contributed by atoms with van der Waals surface area (Å²) in [7, 11) is 1.63. The van der Waals surface area contributed by atoms with Crippen LogP contribution < -0.4 is 5.32 Å². The maximum Gasteiger partial charge on any atom is 0.309 e. The molecule has 0 unspecified atom stereocenters. The summed E-state index contributed by atoms with van der Waals surface area (Å²) in [6, 6.07) is 0. The summed E-state index contributed by atoms with van der Waals surface area (Å²) in [4.78, 5) is 22.2. The molecule has 0 saturated heterocycles. The smallest absolute Gasteiger partial charge is 0.309 e. The van der Waals surface area contributed by atoms with Crippen molar-refractivity contribution in [3.63, 3.8) is 0 Å². The van der Waals surface area contributed by atoms with Gasteiger partial charge in [0.2, 0.25) is 5.91 Å². The second kappa shape index (κ2) is 7.22. The number of carboxylic acids is 1. The Morgan fingerprint density at radius 1 is 1.31 bits per heavy atom. The van der Waals surface area contributed by atoms with Crippen molar-refractivity contribution in [1.29, 1.82) is 0 Å². The first-order chi connectivity index (χ1) is 7.40. The molecule has 16 heavy (non-hydrogen) atoms. The molecule has 0 aromatic heterocycles. The molecule has 0 heterocycles. The van der Waals surface area contributed by atoms with Crippen molar-refractivity contribution in [1.82, 2.24) is 5.32 Å². The van der Waals surface area contributed by atoms with Gasteiger partial charge >= 0.3 is 5.97 Å². The van der Waals surface area contributed by atoms with Crippen molar-refractivity contribution < 1.29 is 19.4 Å². The van der Waals surface area contributed by atoms with E-state index in [1.807, 2.05) is 0 Å². The minimum atomic E-state index is -1.00. The van der Waals surface area contributed by atoms with Gasteiger partial charge < -0.3 is 15.2 Å². The fourth-order valence-corrected chi connectivity index (χ4v) is 1.14. The summed E-state index contributed by atoms with van der Waals surface area (Å²) in [6.45, 7) is 4.33. The molecule has 0 aromatic carbocycles. The van der Waals surface area contributed by atoms with Gasteiger partial charge in [-0.2, -0.15) is 0 Å². The number of rotatable bonds is 8. The molecule has 0 aliphatic heterocycles. The fraction of sp³-hybridized carbons (Fsp3) is 0.818. The van der Waals surface area contributed by atoms with Crippen molar-refractivity contribution in [2.45, 2.75) is 33.1 Å². The van der Waals surface area contributed by atoms with Crippen LogP contribution in [0.5, 0.6) is 0 Å². The third-order valence-corrected chi connectivity index (χ3v) is 2.28. The van der Waals surface area contributed by atoms with Gasteiger partial charge in [0.1, 0.15) is 0 Å². The molecule has 0 bridgehead atoms. The van der Waals surface area contributed by atoms with Crippen LogP contribution in [-0.4, -0.2) is 37.2 Å². The average molecular weight is 231 g/mol. The van der Waals surface area contributed by atoms with E-state index in [1.165, 1.54) is 0 Å². The highest BCUT2D eigenvalue weighted by Gasteiger charge is 2.29. The van der Waals surface area contributed by atoms with E-state index in [-0.39, 0.29) is 12.3 Å². The Morgan fingerprint density at radius 3 is 2.44 bits per heavy atom. The Bertz CT molecular complexity index is 238. The molecule has 0 aliphatic carbocycles. The van der Waals surface area contributed by atoms with E-state index in [1.54, 1.807) is 21.0 Å². The monoisotopic (exact) mass is 231 g/mol. The highest BCUT2D eigenvalue weighted by molar-refractivity contribution is 5.84. The second-order valence-corrected chi connectivity index (χ2v) is 4.42. The molecule has 1 amide bonds. The van der Waals surface area contributed by atoms with Gasteiger partial charge in [0.25, 0.3) is 0 Å². The van der Waals surface area contributed by atoms with Gasteiger partial charge in [0.15, 0.2) is 0 Å². The van der Waals surface area contributed by atoms with Crippen LogP contribution in [0.15, 0.2) is 0 Å². The molecular weight excluding hydrogens is 210 g/mol. The number of unbranched alkanes of at least 4 members (excludes halogenated alkanes) is 1. The number of carboxylic acid groups (broad SMARTS) is 1. The van der Waals surface area contributed by atoms with Gasteiger partial charge in [0, 0.05) is 26.7 Å². The van der Waals surface area contributed by atoms with Gasteiger partial charge in [-0.25, -0.2) is 0 Å². The Kier molecular flexibility index (Phi) is 6.72. The topological polar surface area (TPSA) is 75.6 Å². The van der Waals surface area contributed by atoms with E-state index in [9.17, 15) is 9.59 Å². The third kappa shape index (κ3) is 6.40. The van der Waals surface area contributed by atoms with E-state index in [0.29, 0.717) is 13.2 Å². The Hall–Kier alpha value is -1.10. The van der Waals surface area contributed by atoms with Crippen molar-refractivity contribution >= 4 is 11.9 Å². The van der Waals surface area contributed by atoms with Crippen molar-refractivity contribution in [2.24, 2.45) is 5.41 Å². The number of nitrogens with one attached hydrogen (secondary N) is 1. The van der Waals surface area contributed by atoms with Crippen LogP contribution in [0.25, 0.3) is 0 Å². The SMILES string of the molecule is COCCCCNC(=O)CC(C)(C)C(=O)O. The Labute approximate surface area is 96.2 Å². The summed E-state index contributed by atoms with van der Waals surface area (Å²) in [5.41, 5.74) is -1.00. The minimum absolute atomic E-state index is 0.00656. The number of amides is 1. The van der Waals surface area contributed by atoms with Crippen LogP contribution in [-0.2, 0) is 14.3 Å². The number of aliphatic carboxylic acids is 1. The molecule has 0 atom stereocenters. The quantitative estimate of drug-likeness (QED) is 0.612. The summed E-state index contributed by atoms with van der Waals surface area (Å²) >= 11 is 0. The van der Waals surface area contributed by atoms with Gasteiger partial charge in [-0.05, 0) is 26.7 Å². The molecule has 0 radical (unpaired) electrons. The highest BCUT2D eigenvalue weighted by Crippen LogP contribution is 2.19. The minimum Gasteiger partial charge on any atom is -0.481 e. The molecule has 94 valence electrons. The Balaban J connectivity index is 3.71. The van der Waals surface area contributed by atoms with Crippen LogP contribution in [0.4, 0.5) is 0 Å². The number of methoxy groups -OCH3 is 1. The molecule has 5 heteroatoms. The highest BCUT2D eigenvalue weighted by atomic mass is 16.5. The number of hydrogen-bond acceptors (Lipinski definition) is 3. The van der Waals surface area contributed by atoms with Gasteiger partial charge in [-0.1, -0.05) is 0 Å². The number of carbonyl (C=O) groups is 2. The zero-order valence-corrected chi connectivity index (χ0v) is 10.2. The van der Waals surface area contributed by atoms with Crippen LogP contribution in [0.3, 0.4) is 0 Å². The molecular formula is C11H21NO4. The van der Waals surface area contributed by atoms with Gasteiger partial charge in [-0.3, -0.25) is 9.59 Å². The lowest BCUT2D eigenvalue weighted by Gasteiger charge is -2.18. The molecule has 0 spiro atoms. The summed E-state index contributed by atoms with van der Waals surface area (Å²) in [6.07, 6.45) is 1.73. The molecule has 0 aliphatic rings. The molecule has 0 saturated carbocycles. The van der Waals surface area contributed by atoms with Crippen LogP contribution >= 0.6 is 0 Å². The number of carbonyl (C=O) groups excluding carboxylic acids is 1. The van der Waals surface area contributed by atoms with E-state index in [4.69, 9.17) is 9.84 Å². The zero-order chi connectivity index (χ0) is 12.6. The van der Waals surface area contributed by atoms with Crippen molar-refractivity contribution in [3.8, 4) is 0 Å². The van der Waals surface area contributed by atoms with Crippen LogP contribution in [0.2, 0.25) is 0 Å². The van der Waals surface area contributed by atoms with Crippen LogP contribution in [0, 0.1) is 5.41 Å². The van der Waals surface area contributed by atoms with E-state index in [2.05, 4.69) is 5.32 Å². The third-order valence-electron chi connectivity index (χ3n) is 2.28. The lowest BCUT2D eigenvalue weighted by molar-refractivity contribution is -0.149. The summed E-state index contributed by atoms with van der Waals surface area (Å²) in [5, 5.41) is 11.5. The van der Waals surface area contributed by atoms with Crippen molar-refractivity contribution in [3.05, 3.63) is 0 Å². The zero-order valence-electron chi connectivity index (χ0n) is 10.2. The Morgan fingerprint density at radius 2 is 1.94 bits per heavy atom. The fourth-order valence-electron chi connectivity index (χ4n) is 1.14. The van der Waals surface area contributed by atoms with Crippen molar-refractivity contribution in [2.75, 3.05) is 20.3 Å². The van der Waals surface area contributed by atoms with E-state index >= 15 is 0 Å². The standard InChI is InChI=1S/C11H21NO4/c1-11(2,10(14)15)8-9(13)12-6-4-5-7-16-3/h4-8H2,1-3H3,(H,12,13)(H,14,15). The maximum absolute atomic E-state index is 11.4. The molecule has 0 rings (SSSR count). The maximum atomic E-state index is 11.4. The lowest BCUT2D eigenvalue weighted by Crippen LogP contribution is -2.33. The average Bonchev–Trinajstić information content (AvgIpc) is 2.16. The van der Waals surface area contributed by atoms with E-state index < -0.39 is 11.4 Å². The van der Waals surface area contributed by atoms with Gasteiger partial charge in [-0.15, -0.1) is 0 Å². The first-order valence-electron chi connectivity index (χ1n) is 5.39. The first kappa shape index (κ1) is 14.9. The lowest BCUT2D eigenvalue weighted by atomic mass is 9.89. The number of hydrogen-bond donors (Lipinski definition) is 2. The predicted molar refractivity (Wildman–Crippen MR) is 60.2 cm³/mol. The molecule has 0 fully saturated rings. The summed E-state index contributed by atoms with van der Waals surface area (Å²) < 4.78 is 4.87. The predicted octanol–water partition coefficient (Wildman–Crippen LogP) is 1.03. The van der Waals surface area contributed by atoms with E-state index in [0.717, 1.165) is 12.8 Å². The molecule has 5 nitrogen and oxygen atoms in total. The van der Waals surface area contributed by atoms with Crippen LogP contribution in [0.1, 0.15) is 33.1 Å². The second-order valence-electron chi connectivity index (χ2n) is 4.42. The first-order valence-corrected chi connectivity index (χ1v) is 5.39.